The van der Waals surface area contributed by atoms with Crippen LogP contribution < -0.4 is 5.73 Å². The highest BCUT2D eigenvalue weighted by Crippen LogP contribution is 2.21. The standard InChI is InChI=1S/C14H19N3/c1-10(2)11-3-5-12(6-4-11)13-9-16-14(17-13)7-8-15/h3-6,9-10H,7-8,15H2,1-2H3,(H,16,17). The number of benzene rings is 1. The first-order valence-electron chi connectivity index (χ1n) is 6.05. The number of nitrogens with zero attached hydrogens (tertiary/aromatic N) is 1. The van der Waals surface area contributed by atoms with E-state index in [1.165, 1.54) is 11.1 Å². The summed E-state index contributed by atoms with van der Waals surface area (Å²) in [5.74, 6) is 1.52. The Hall–Kier alpha value is -1.61. The Morgan fingerprint density at radius 1 is 1.24 bits per heavy atom. The fourth-order valence-corrected chi connectivity index (χ4v) is 1.82. The maximum absolute atomic E-state index is 5.50. The van der Waals surface area contributed by atoms with E-state index in [0.717, 1.165) is 17.9 Å². The molecule has 0 aliphatic rings. The van der Waals surface area contributed by atoms with Crippen molar-refractivity contribution in [2.24, 2.45) is 5.73 Å². The second-order valence-electron chi connectivity index (χ2n) is 4.56. The van der Waals surface area contributed by atoms with Crippen LogP contribution in [0.5, 0.6) is 0 Å². The largest absolute Gasteiger partial charge is 0.342 e. The molecule has 1 aromatic carbocycles. The van der Waals surface area contributed by atoms with Gasteiger partial charge in [0.2, 0.25) is 0 Å². The lowest BCUT2D eigenvalue weighted by Gasteiger charge is -2.05. The summed E-state index contributed by atoms with van der Waals surface area (Å²) in [6.45, 7) is 5.02. The van der Waals surface area contributed by atoms with Crippen LogP contribution >= 0.6 is 0 Å². The van der Waals surface area contributed by atoms with Crippen molar-refractivity contribution in [2.45, 2.75) is 26.2 Å². The molecule has 3 N–H and O–H groups in total. The van der Waals surface area contributed by atoms with Crippen LogP contribution in [0.2, 0.25) is 0 Å². The SMILES string of the molecule is CC(C)c1ccc(-c2cnc(CCN)[nH]2)cc1. The van der Waals surface area contributed by atoms with Gasteiger partial charge in [-0.2, -0.15) is 0 Å². The summed E-state index contributed by atoms with van der Waals surface area (Å²) in [6, 6.07) is 8.61. The Bertz CT molecular complexity index is 468. The van der Waals surface area contributed by atoms with Gasteiger partial charge in [-0.15, -0.1) is 0 Å². The molecule has 0 aliphatic carbocycles. The number of nitrogens with two attached hydrogens (primary N) is 1. The molecule has 2 rings (SSSR count). The molecule has 0 amide bonds. The molecular formula is C14H19N3. The van der Waals surface area contributed by atoms with Crippen LogP contribution in [-0.4, -0.2) is 16.5 Å². The zero-order valence-corrected chi connectivity index (χ0v) is 10.4. The Morgan fingerprint density at radius 2 is 1.94 bits per heavy atom. The van der Waals surface area contributed by atoms with E-state index in [2.05, 4.69) is 48.1 Å². The number of H-pyrrole nitrogens is 1. The maximum atomic E-state index is 5.50. The fraction of sp³-hybridized carbons (Fsp3) is 0.357. The molecule has 0 unspecified atom stereocenters. The normalized spacial score (nSPS) is 11.1. The molecule has 2 aromatic rings. The molecule has 0 saturated carbocycles. The van der Waals surface area contributed by atoms with Crippen molar-refractivity contribution in [3.8, 4) is 11.3 Å². The van der Waals surface area contributed by atoms with E-state index in [9.17, 15) is 0 Å². The third-order valence-electron chi connectivity index (χ3n) is 2.90. The molecular weight excluding hydrogens is 210 g/mol. The summed E-state index contributed by atoms with van der Waals surface area (Å²) in [5, 5.41) is 0. The molecule has 0 aliphatic heterocycles. The number of aromatic amines is 1. The quantitative estimate of drug-likeness (QED) is 0.847. The summed E-state index contributed by atoms with van der Waals surface area (Å²) in [4.78, 5) is 7.59. The first-order valence-corrected chi connectivity index (χ1v) is 6.05. The second-order valence-corrected chi connectivity index (χ2v) is 4.56. The molecule has 17 heavy (non-hydrogen) atoms. The highest BCUT2D eigenvalue weighted by atomic mass is 14.9. The van der Waals surface area contributed by atoms with Gasteiger partial charge in [0.05, 0.1) is 11.9 Å². The lowest BCUT2D eigenvalue weighted by Crippen LogP contribution is -2.03. The van der Waals surface area contributed by atoms with Gasteiger partial charge in [0.25, 0.3) is 0 Å². The Morgan fingerprint density at radius 3 is 2.53 bits per heavy atom. The van der Waals surface area contributed by atoms with E-state index < -0.39 is 0 Å². The minimum Gasteiger partial charge on any atom is -0.342 e. The average molecular weight is 229 g/mol. The minimum atomic E-state index is 0.568. The van der Waals surface area contributed by atoms with Crippen molar-refractivity contribution in [3.05, 3.63) is 41.9 Å². The molecule has 0 saturated heterocycles. The van der Waals surface area contributed by atoms with Gasteiger partial charge >= 0.3 is 0 Å². The predicted octanol–water partition coefficient (Wildman–Crippen LogP) is 2.70. The molecule has 3 nitrogen and oxygen atoms in total. The van der Waals surface area contributed by atoms with Crippen LogP contribution in [0.3, 0.4) is 0 Å². The third-order valence-corrected chi connectivity index (χ3v) is 2.90. The molecule has 0 radical (unpaired) electrons. The average Bonchev–Trinajstić information content (AvgIpc) is 2.78. The minimum absolute atomic E-state index is 0.568. The summed E-state index contributed by atoms with van der Waals surface area (Å²) in [7, 11) is 0. The highest BCUT2D eigenvalue weighted by molar-refractivity contribution is 5.58. The number of imidazole rings is 1. The zero-order chi connectivity index (χ0) is 12.3. The lowest BCUT2D eigenvalue weighted by atomic mass is 10.0. The predicted molar refractivity (Wildman–Crippen MR) is 70.9 cm³/mol. The number of aromatic nitrogens is 2. The molecule has 1 heterocycles. The van der Waals surface area contributed by atoms with Crippen LogP contribution in [0.15, 0.2) is 30.5 Å². The zero-order valence-electron chi connectivity index (χ0n) is 10.4. The summed E-state index contributed by atoms with van der Waals surface area (Å²) in [6.07, 6.45) is 2.67. The van der Waals surface area contributed by atoms with Gasteiger partial charge in [0.15, 0.2) is 0 Å². The van der Waals surface area contributed by atoms with Crippen molar-refractivity contribution in [2.75, 3.05) is 6.54 Å². The van der Waals surface area contributed by atoms with Gasteiger partial charge < -0.3 is 10.7 Å². The molecule has 0 fully saturated rings. The van der Waals surface area contributed by atoms with E-state index >= 15 is 0 Å². The van der Waals surface area contributed by atoms with Crippen LogP contribution in [-0.2, 0) is 6.42 Å². The van der Waals surface area contributed by atoms with Crippen molar-refractivity contribution in [1.82, 2.24) is 9.97 Å². The van der Waals surface area contributed by atoms with Gasteiger partial charge in [-0.25, -0.2) is 4.98 Å². The Labute approximate surface area is 102 Å². The molecule has 3 heteroatoms. The topological polar surface area (TPSA) is 54.7 Å². The van der Waals surface area contributed by atoms with Crippen molar-refractivity contribution in [1.29, 1.82) is 0 Å². The number of nitrogens with one attached hydrogen (secondary N) is 1. The summed E-state index contributed by atoms with van der Waals surface area (Å²) >= 11 is 0. The first kappa shape index (κ1) is 11.9. The number of rotatable bonds is 4. The van der Waals surface area contributed by atoms with Crippen LogP contribution in [0.1, 0.15) is 31.2 Å². The van der Waals surface area contributed by atoms with E-state index in [1.54, 1.807) is 0 Å². The fourth-order valence-electron chi connectivity index (χ4n) is 1.82. The highest BCUT2D eigenvalue weighted by Gasteiger charge is 2.04. The van der Waals surface area contributed by atoms with Gasteiger partial charge in [-0.3, -0.25) is 0 Å². The van der Waals surface area contributed by atoms with Crippen molar-refractivity contribution in [3.63, 3.8) is 0 Å². The smallest absolute Gasteiger partial charge is 0.107 e. The maximum Gasteiger partial charge on any atom is 0.107 e. The van der Waals surface area contributed by atoms with Gasteiger partial charge in [0, 0.05) is 6.42 Å². The molecule has 0 spiro atoms. The van der Waals surface area contributed by atoms with E-state index in [0.29, 0.717) is 12.5 Å². The van der Waals surface area contributed by atoms with E-state index in [4.69, 9.17) is 5.73 Å². The number of hydrogen-bond donors (Lipinski definition) is 2. The molecule has 90 valence electrons. The van der Waals surface area contributed by atoms with Gasteiger partial charge in [-0.1, -0.05) is 38.1 Å². The number of hydrogen-bond acceptors (Lipinski definition) is 2. The summed E-state index contributed by atoms with van der Waals surface area (Å²) in [5.41, 5.74) is 9.09. The van der Waals surface area contributed by atoms with Crippen LogP contribution in [0.25, 0.3) is 11.3 Å². The summed E-state index contributed by atoms with van der Waals surface area (Å²) < 4.78 is 0. The third kappa shape index (κ3) is 2.74. The Balaban J connectivity index is 2.21. The molecule has 0 atom stereocenters. The Kier molecular flexibility index (Phi) is 3.59. The van der Waals surface area contributed by atoms with Crippen LogP contribution in [0.4, 0.5) is 0 Å². The van der Waals surface area contributed by atoms with Crippen molar-refractivity contribution >= 4 is 0 Å². The second kappa shape index (κ2) is 5.15. The van der Waals surface area contributed by atoms with Crippen LogP contribution in [0, 0.1) is 0 Å². The van der Waals surface area contributed by atoms with E-state index in [1.807, 2.05) is 6.20 Å². The van der Waals surface area contributed by atoms with Crippen molar-refractivity contribution < 1.29 is 0 Å². The van der Waals surface area contributed by atoms with Gasteiger partial charge in [-0.05, 0) is 23.6 Å². The first-order chi connectivity index (χ1) is 8.20. The lowest BCUT2D eigenvalue weighted by molar-refractivity contribution is 0.867. The monoisotopic (exact) mass is 229 g/mol. The molecule has 0 bridgehead atoms. The van der Waals surface area contributed by atoms with Gasteiger partial charge in [0.1, 0.15) is 5.82 Å². The van der Waals surface area contributed by atoms with E-state index in [-0.39, 0.29) is 0 Å². The molecule has 1 aromatic heterocycles.